The Labute approximate surface area is 179 Å². The van der Waals surface area contributed by atoms with E-state index < -0.39 is 27.2 Å². The van der Waals surface area contributed by atoms with E-state index in [1.54, 1.807) is 49.4 Å². The maximum Gasteiger partial charge on any atom is 0.328 e. The molecule has 0 fully saturated rings. The zero-order valence-electron chi connectivity index (χ0n) is 16.8. The predicted octanol–water partition coefficient (Wildman–Crippen LogP) is 1.78. The van der Waals surface area contributed by atoms with Crippen LogP contribution in [0.2, 0.25) is 0 Å². The SMILES string of the molecule is CCN(c1ccccc1)S(=O)(=O)c1ccccc1NC(=O)CCn1ccc(=O)[nH]c1=O. The van der Waals surface area contributed by atoms with Crippen LogP contribution in [0.3, 0.4) is 0 Å². The molecular formula is C21H22N4O5S. The molecule has 0 atom stereocenters. The number of aryl methyl sites for hydroxylation is 1. The summed E-state index contributed by atoms with van der Waals surface area (Å²) in [4.78, 5) is 37.4. The van der Waals surface area contributed by atoms with Gasteiger partial charge in [0.25, 0.3) is 15.6 Å². The smallest absolute Gasteiger partial charge is 0.325 e. The number of nitrogens with one attached hydrogen (secondary N) is 2. The topological polar surface area (TPSA) is 121 Å². The van der Waals surface area contributed by atoms with E-state index >= 15 is 0 Å². The van der Waals surface area contributed by atoms with Gasteiger partial charge in [0.15, 0.2) is 0 Å². The molecule has 0 aliphatic rings. The summed E-state index contributed by atoms with van der Waals surface area (Å²) in [5.74, 6) is -0.469. The summed E-state index contributed by atoms with van der Waals surface area (Å²) in [6.07, 6.45) is 1.21. The summed E-state index contributed by atoms with van der Waals surface area (Å²) in [6.45, 7) is 1.97. The molecule has 162 valence electrons. The van der Waals surface area contributed by atoms with Crippen LogP contribution < -0.4 is 20.9 Å². The van der Waals surface area contributed by atoms with Crippen molar-refractivity contribution < 1.29 is 13.2 Å². The normalized spacial score (nSPS) is 11.1. The van der Waals surface area contributed by atoms with E-state index in [-0.39, 0.29) is 30.1 Å². The third-order valence-corrected chi connectivity index (χ3v) is 6.50. The monoisotopic (exact) mass is 442 g/mol. The highest BCUT2D eigenvalue weighted by molar-refractivity contribution is 7.93. The minimum atomic E-state index is -3.94. The molecule has 0 aliphatic heterocycles. The fourth-order valence-corrected chi connectivity index (χ4v) is 4.68. The quantitative estimate of drug-likeness (QED) is 0.551. The van der Waals surface area contributed by atoms with Crippen molar-refractivity contribution in [1.29, 1.82) is 0 Å². The lowest BCUT2D eigenvalue weighted by Gasteiger charge is -2.24. The number of hydrogen-bond acceptors (Lipinski definition) is 5. The number of anilines is 2. The van der Waals surface area contributed by atoms with Crippen LogP contribution in [0.4, 0.5) is 11.4 Å². The highest BCUT2D eigenvalue weighted by atomic mass is 32.2. The van der Waals surface area contributed by atoms with E-state index in [4.69, 9.17) is 0 Å². The summed E-state index contributed by atoms with van der Waals surface area (Å²) >= 11 is 0. The minimum absolute atomic E-state index is 0.0292. The number of hydrogen-bond donors (Lipinski definition) is 2. The van der Waals surface area contributed by atoms with Crippen molar-refractivity contribution in [2.24, 2.45) is 0 Å². The molecule has 0 unspecified atom stereocenters. The van der Waals surface area contributed by atoms with E-state index in [0.29, 0.717) is 5.69 Å². The van der Waals surface area contributed by atoms with E-state index in [9.17, 15) is 22.8 Å². The Bertz CT molecular complexity index is 1280. The molecule has 10 heteroatoms. The van der Waals surface area contributed by atoms with Gasteiger partial charge in [-0.25, -0.2) is 13.2 Å². The van der Waals surface area contributed by atoms with Crippen LogP contribution in [0.25, 0.3) is 0 Å². The molecule has 0 aliphatic carbocycles. The lowest BCUT2D eigenvalue weighted by Crippen LogP contribution is -2.32. The average molecular weight is 442 g/mol. The summed E-state index contributed by atoms with van der Waals surface area (Å²) in [6, 6.07) is 16.0. The number of amides is 1. The number of nitrogens with zero attached hydrogens (tertiary/aromatic N) is 2. The van der Waals surface area contributed by atoms with Gasteiger partial charge in [0.1, 0.15) is 4.90 Å². The molecule has 0 bridgehead atoms. The van der Waals surface area contributed by atoms with E-state index in [0.717, 1.165) is 0 Å². The van der Waals surface area contributed by atoms with Crippen molar-refractivity contribution in [2.75, 3.05) is 16.2 Å². The van der Waals surface area contributed by atoms with E-state index in [1.807, 2.05) is 0 Å². The van der Waals surface area contributed by atoms with Gasteiger partial charge >= 0.3 is 5.69 Å². The second-order valence-corrected chi connectivity index (χ2v) is 8.43. The summed E-state index contributed by atoms with van der Waals surface area (Å²) in [5.41, 5.74) is -0.479. The molecule has 31 heavy (non-hydrogen) atoms. The maximum atomic E-state index is 13.3. The van der Waals surface area contributed by atoms with Gasteiger partial charge in [-0.3, -0.25) is 18.9 Å². The molecule has 1 amide bonds. The number of carbonyl (C=O) groups is 1. The number of rotatable bonds is 8. The zero-order chi connectivity index (χ0) is 22.4. The summed E-state index contributed by atoms with van der Waals surface area (Å²) in [7, 11) is -3.94. The summed E-state index contributed by atoms with van der Waals surface area (Å²) in [5, 5.41) is 2.62. The van der Waals surface area contributed by atoms with Crippen LogP contribution in [0, 0.1) is 0 Å². The van der Waals surface area contributed by atoms with Gasteiger partial charge in [-0.1, -0.05) is 30.3 Å². The second-order valence-electron chi connectivity index (χ2n) is 6.60. The van der Waals surface area contributed by atoms with Gasteiger partial charge in [0.2, 0.25) is 5.91 Å². The lowest BCUT2D eigenvalue weighted by molar-refractivity contribution is -0.116. The fraction of sp³-hybridized carbons (Fsp3) is 0.190. The average Bonchev–Trinajstić information content (AvgIpc) is 2.74. The van der Waals surface area contributed by atoms with E-state index in [2.05, 4.69) is 10.3 Å². The molecule has 9 nitrogen and oxygen atoms in total. The van der Waals surface area contributed by atoms with Crippen molar-refractivity contribution in [1.82, 2.24) is 9.55 Å². The first kappa shape index (κ1) is 22.0. The Balaban J connectivity index is 1.81. The maximum absolute atomic E-state index is 13.3. The Kier molecular flexibility index (Phi) is 6.71. The number of aromatic nitrogens is 2. The molecular weight excluding hydrogens is 420 g/mol. The Hall–Kier alpha value is -3.66. The van der Waals surface area contributed by atoms with Crippen LogP contribution in [0.1, 0.15) is 13.3 Å². The Morgan fingerprint density at radius 1 is 1.03 bits per heavy atom. The third-order valence-electron chi connectivity index (χ3n) is 4.54. The first-order chi connectivity index (χ1) is 14.8. The Morgan fingerprint density at radius 2 is 1.71 bits per heavy atom. The molecule has 3 aromatic rings. The van der Waals surface area contributed by atoms with Gasteiger partial charge in [-0.2, -0.15) is 0 Å². The van der Waals surface area contributed by atoms with Gasteiger partial charge < -0.3 is 9.88 Å². The number of carbonyl (C=O) groups excluding carboxylic acids is 1. The second kappa shape index (κ2) is 9.43. The molecule has 2 N–H and O–H groups in total. The molecule has 0 saturated heterocycles. The van der Waals surface area contributed by atoms with Crippen LogP contribution in [0.15, 0.2) is 81.3 Å². The molecule has 1 aromatic heterocycles. The van der Waals surface area contributed by atoms with Crippen LogP contribution >= 0.6 is 0 Å². The number of aromatic amines is 1. The summed E-state index contributed by atoms with van der Waals surface area (Å²) < 4.78 is 29.1. The van der Waals surface area contributed by atoms with Crippen molar-refractivity contribution >= 4 is 27.3 Å². The lowest BCUT2D eigenvalue weighted by atomic mass is 10.3. The van der Waals surface area contributed by atoms with Gasteiger partial charge in [0, 0.05) is 31.8 Å². The number of para-hydroxylation sites is 2. The van der Waals surface area contributed by atoms with Crippen molar-refractivity contribution in [3.63, 3.8) is 0 Å². The zero-order valence-corrected chi connectivity index (χ0v) is 17.6. The largest absolute Gasteiger partial charge is 0.328 e. The fourth-order valence-electron chi connectivity index (χ4n) is 3.05. The van der Waals surface area contributed by atoms with E-state index in [1.165, 1.54) is 33.3 Å². The number of sulfonamides is 1. The van der Waals surface area contributed by atoms with Gasteiger partial charge in [0.05, 0.1) is 11.4 Å². The highest BCUT2D eigenvalue weighted by Gasteiger charge is 2.26. The molecule has 0 spiro atoms. The first-order valence-electron chi connectivity index (χ1n) is 9.59. The first-order valence-corrected chi connectivity index (χ1v) is 11.0. The van der Waals surface area contributed by atoms with Crippen molar-refractivity contribution in [2.45, 2.75) is 24.8 Å². The molecule has 1 heterocycles. The van der Waals surface area contributed by atoms with Crippen LogP contribution in [-0.4, -0.2) is 30.4 Å². The molecule has 0 saturated carbocycles. The van der Waals surface area contributed by atoms with Crippen molar-refractivity contribution in [3.8, 4) is 0 Å². The minimum Gasteiger partial charge on any atom is -0.325 e. The molecule has 0 radical (unpaired) electrons. The van der Waals surface area contributed by atoms with Crippen molar-refractivity contribution in [3.05, 3.63) is 87.7 Å². The molecule has 3 rings (SSSR count). The predicted molar refractivity (Wildman–Crippen MR) is 118 cm³/mol. The van der Waals surface area contributed by atoms with Crippen LogP contribution in [-0.2, 0) is 21.4 Å². The van der Waals surface area contributed by atoms with Gasteiger partial charge in [-0.15, -0.1) is 0 Å². The highest BCUT2D eigenvalue weighted by Crippen LogP contribution is 2.28. The van der Waals surface area contributed by atoms with Gasteiger partial charge in [-0.05, 0) is 31.2 Å². The number of benzene rings is 2. The Morgan fingerprint density at radius 3 is 2.39 bits per heavy atom. The standard InChI is InChI=1S/C21H22N4O5S/c1-2-25(16-8-4-3-5-9-16)31(29,30)18-11-7-6-10-17(18)22-19(26)12-14-24-15-13-20(27)23-21(24)28/h3-11,13,15H,2,12,14H2,1H3,(H,22,26)(H,23,27,28). The third kappa shape index (κ3) is 5.10. The number of H-pyrrole nitrogens is 1. The van der Waals surface area contributed by atoms with Crippen LogP contribution in [0.5, 0.6) is 0 Å². The molecule has 2 aromatic carbocycles.